The van der Waals surface area contributed by atoms with Gasteiger partial charge in [-0.25, -0.2) is 4.39 Å². The molecule has 0 spiro atoms. The van der Waals surface area contributed by atoms with Crippen molar-refractivity contribution < 1.29 is 9.18 Å². The third-order valence-electron chi connectivity index (χ3n) is 1.41. The fourth-order valence-corrected chi connectivity index (χ4v) is 2.98. The first-order chi connectivity index (χ1) is 6.06. The number of alkyl halides is 1. The van der Waals surface area contributed by atoms with Crippen LogP contribution in [0.2, 0.25) is 0 Å². The average Bonchev–Trinajstić information content (AvgIpc) is 2.10. The van der Waals surface area contributed by atoms with Gasteiger partial charge < -0.3 is 0 Å². The third kappa shape index (κ3) is 2.85. The molecule has 0 atom stereocenters. The second-order valence-electron chi connectivity index (χ2n) is 2.31. The van der Waals surface area contributed by atoms with Crippen LogP contribution in [-0.4, -0.2) is 11.1 Å². The maximum atomic E-state index is 13.4. The van der Waals surface area contributed by atoms with Crippen molar-refractivity contribution in [1.29, 1.82) is 0 Å². The second kappa shape index (κ2) is 5.01. The molecule has 0 bridgehead atoms. The lowest BCUT2D eigenvalue weighted by Crippen LogP contribution is -2.05. The van der Waals surface area contributed by atoms with Crippen molar-refractivity contribution in [3.05, 3.63) is 30.7 Å². The first-order valence-electron chi connectivity index (χ1n) is 3.30. The molecule has 0 aromatic heterocycles. The van der Waals surface area contributed by atoms with Crippen LogP contribution in [0.1, 0.15) is 10.4 Å². The Bertz CT molecular complexity index is 354. The summed E-state index contributed by atoms with van der Waals surface area (Å²) < 4.78 is 14.7. The highest BCUT2D eigenvalue weighted by Gasteiger charge is 2.13. The summed E-state index contributed by atoms with van der Waals surface area (Å²) in [5, 5.41) is 0.153. The molecule has 0 saturated carbocycles. The lowest BCUT2D eigenvalue weighted by Gasteiger charge is -2.02. The van der Waals surface area contributed by atoms with Crippen LogP contribution in [0.4, 0.5) is 4.39 Å². The van der Waals surface area contributed by atoms with E-state index < -0.39 is 5.82 Å². The summed E-state index contributed by atoms with van der Waals surface area (Å²) >= 11 is 6.95. The van der Waals surface area contributed by atoms with Gasteiger partial charge in [0, 0.05) is 3.57 Å². The van der Waals surface area contributed by atoms with Gasteiger partial charge in [0.2, 0.25) is 0 Å². The molecule has 0 aliphatic heterocycles. The number of halogens is 4. The van der Waals surface area contributed by atoms with Crippen molar-refractivity contribution in [2.45, 2.75) is 0 Å². The molecule has 0 unspecified atom stereocenters. The van der Waals surface area contributed by atoms with Crippen LogP contribution in [0, 0.1) is 13.0 Å². The van der Waals surface area contributed by atoms with Gasteiger partial charge in [-0.05, 0) is 57.3 Å². The van der Waals surface area contributed by atoms with E-state index in [0.717, 1.165) is 3.57 Å². The molecule has 1 nitrogen and oxygen atoms in total. The Balaban J connectivity index is 3.28. The largest absolute Gasteiger partial charge is 0.293 e. The number of hydrogen-bond acceptors (Lipinski definition) is 1. The molecular weight excluding hydrogens is 465 g/mol. The van der Waals surface area contributed by atoms with E-state index in [2.05, 4.69) is 38.5 Å². The van der Waals surface area contributed by atoms with E-state index in [4.69, 9.17) is 0 Å². The summed E-state index contributed by atoms with van der Waals surface area (Å²) in [7, 11) is 0. The first-order valence-corrected chi connectivity index (χ1v) is 6.58. The molecule has 0 aliphatic carbocycles. The Hall–Kier alpha value is 0.760. The number of hydrogen-bond donors (Lipinski definition) is 0. The predicted octanol–water partition coefficient (Wildman–Crippen LogP) is 3.61. The van der Waals surface area contributed by atoms with Gasteiger partial charge in [0.15, 0.2) is 5.78 Å². The molecule has 0 heterocycles. The van der Waals surface area contributed by atoms with Crippen LogP contribution in [0.3, 0.4) is 0 Å². The van der Waals surface area contributed by atoms with Crippen LogP contribution in [-0.2, 0) is 0 Å². The minimum atomic E-state index is -0.425. The SMILES string of the molecule is O=C(CBr)c1cc(I)cc(I)c1F. The van der Waals surface area contributed by atoms with Crippen molar-refractivity contribution in [2.75, 3.05) is 5.33 Å². The Labute approximate surface area is 111 Å². The van der Waals surface area contributed by atoms with Gasteiger partial charge in [0.1, 0.15) is 5.82 Å². The number of rotatable bonds is 2. The number of ketones is 1. The Morgan fingerprint density at radius 3 is 2.62 bits per heavy atom. The number of Topliss-reactive ketones (excluding diaryl/α,β-unsaturated/α-hetero) is 1. The van der Waals surface area contributed by atoms with Crippen LogP contribution in [0.25, 0.3) is 0 Å². The summed E-state index contributed by atoms with van der Waals surface area (Å²) in [6.07, 6.45) is 0. The zero-order chi connectivity index (χ0) is 10.0. The summed E-state index contributed by atoms with van der Waals surface area (Å²) in [6, 6.07) is 3.25. The smallest absolute Gasteiger partial charge is 0.176 e. The van der Waals surface area contributed by atoms with E-state index in [1.165, 1.54) is 0 Å². The van der Waals surface area contributed by atoms with Crippen LogP contribution in [0.15, 0.2) is 12.1 Å². The van der Waals surface area contributed by atoms with Gasteiger partial charge >= 0.3 is 0 Å². The van der Waals surface area contributed by atoms with Crippen molar-refractivity contribution >= 4 is 66.9 Å². The molecule has 1 aromatic rings. The summed E-state index contributed by atoms with van der Waals surface area (Å²) in [6.45, 7) is 0. The number of carbonyl (C=O) groups excluding carboxylic acids is 1. The monoisotopic (exact) mass is 468 g/mol. The topological polar surface area (TPSA) is 17.1 Å². The molecule has 5 heteroatoms. The highest BCUT2D eigenvalue weighted by molar-refractivity contribution is 14.1. The fraction of sp³-hybridized carbons (Fsp3) is 0.125. The van der Waals surface area contributed by atoms with Gasteiger partial charge in [0.05, 0.1) is 14.5 Å². The molecule has 0 N–H and O–H groups in total. The maximum Gasteiger partial charge on any atom is 0.176 e. The van der Waals surface area contributed by atoms with E-state index in [1.807, 2.05) is 22.6 Å². The minimum Gasteiger partial charge on any atom is -0.293 e. The van der Waals surface area contributed by atoms with Gasteiger partial charge in [0.25, 0.3) is 0 Å². The Morgan fingerprint density at radius 1 is 1.46 bits per heavy atom. The molecule has 13 heavy (non-hydrogen) atoms. The van der Waals surface area contributed by atoms with E-state index >= 15 is 0 Å². The average molecular weight is 469 g/mol. The molecule has 0 aliphatic rings. The van der Waals surface area contributed by atoms with E-state index in [0.29, 0.717) is 3.57 Å². The van der Waals surface area contributed by atoms with Gasteiger partial charge in [-0.15, -0.1) is 0 Å². The quantitative estimate of drug-likeness (QED) is 0.280. The summed E-state index contributed by atoms with van der Waals surface area (Å²) in [4.78, 5) is 11.2. The Kier molecular flexibility index (Phi) is 4.56. The highest BCUT2D eigenvalue weighted by atomic mass is 127. The van der Waals surface area contributed by atoms with Gasteiger partial charge in [-0.3, -0.25) is 4.79 Å². The van der Waals surface area contributed by atoms with Gasteiger partial charge in [-0.2, -0.15) is 0 Å². The zero-order valence-electron chi connectivity index (χ0n) is 6.28. The standard InChI is InChI=1S/C8H4BrFI2O/c9-3-7(13)5-1-4(11)2-6(12)8(5)10/h1-2H,3H2. The van der Waals surface area contributed by atoms with Crippen LogP contribution >= 0.6 is 61.1 Å². The minimum absolute atomic E-state index is 0.153. The van der Waals surface area contributed by atoms with Crippen molar-refractivity contribution in [3.8, 4) is 0 Å². The van der Waals surface area contributed by atoms with Crippen molar-refractivity contribution in [2.24, 2.45) is 0 Å². The maximum absolute atomic E-state index is 13.4. The molecule has 1 aromatic carbocycles. The zero-order valence-corrected chi connectivity index (χ0v) is 12.2. The lowest BCUT2D eigenvalue weighted by molar-refractivity contribution is 0.102. The van der Waals surface area contributed by atoms with E-state index in [9.17, 15) is 9.18 Å². The van der Waals surface area contributed by atoms with Crippen LogP contribution < -0.4 is 0 Å². The predicted molar refractivity (Wildman–Crippen MR) is 70.0 cm³/mol. The normalized spacial score (nSPS) is 10.2. The van der Waals surface area contributed by atoms with E-state index in [-0.39, 0.29) is 16.7 Å². The first kappa shape index (κ1) is 11.8. The fourth-order valence-electron chi connectivity index (χ4n) is 0.831. The lowest BCUT2D eigenvalue weighted by atomic mass is 10.1. The summed E-state index contributed by atoms with van der Waals surface area (Å²) in [5.74, 6) is -0.653. The van der Waals surface area contributed by atoms with Crippen molar-refractivity contribution in [3.63, 3.8) is 0 Å². The molecule has 1 rings (SSSR count). The number of benzene rings is 1. The Morgan fingerprint density at radius 2 is 2.08 bits per heavy atom. The molecule has 0 radical (unpaired) electrons. The third-order valence-corrected chi connectivity index (χ3v) is 3.33. The molecule has 0 amide bonds. The molecular formula is C8H4BrFI2O. The molecule has 70 valence electrons. The molecule has 0 fully saturated rings. The summed E-state index contributed by atoms with van der Waals surface area (Å²) in [5.41, 5.74) is 0.160. The van der Waals surface area contributed by atoms with Crippen molar-refractivity contribution in [1.82, 2.24) is 0 Å². The van der Waals surface area contributed by atoms with E-state index in [1.54, 1.807) is 12.1 Å². The number of carbonyl (C=O) groups is 1. The van der Waals surface area contributed by atoms with Gasteiger partial charge in [-0.1, -0.05) is 15.9 Å². The van der Waals surface area contributed by atoms with Crippen LogP contribution in [0.5, 0.6) is 0 Å². The second-order valence-corrected chi connectivity index (χ2v) is 5.27. The highest BCUT2D eigenvalue weighted by Crippen LogP contribution is 2.20. The molecule has 0 saturated heterocycles.